The normalized spacial score (nSPS) is 21.3. The number of piperazine rings is 1. The quantitative estimate of drug-likeness (QED) is 0.792. The molecule has 2 amide bonds. The van der Waals surface area contributed by atoms with Crippen LogP contribution in [-0.4, -0.2) is 86.3 Å². The Morgan fingerprint density at radius 1 is 1.30 bits per heavy atom. The summed E-state index contributed by atoms with van der Waals surface area (Å²) in [5.41, 5.74) is 2.39. The molecule has 0 saturated carbocycles. The van der Waals surface area contributed by atoms with Crippen molar-refractivity contribution in [2.45, 2.75) is 32.4 Å². The lowest BCUT2D eigenvalue weighted by Gasteiger charge is -2.32. The number of amides is 2. The monoisotopic (exact) mass is 374 g/mol. The maximum atomic E-state index is 12.8. The number of urea groups is 1. The molecule has 1 atom stereocenters. The van der Waals surface area contributed by atoms with Crippen LogP contribution in [0.2, 0.25) is 0 Å². The summed E-state index contributed by atoms with van der Waals surface area (Å²) in [7, 11) is 2.16. The van der Waals surface area contributed by atoms with Crippen LogP contribution in [0.25, 0.3) is 0 Å². The highest BCUT2D eigenvalue weighted by Gasteiger charge is 2.23. The third-order valence-corrected chi connectivity index (χ3v) is 5.49. The summed E-state index contributed by atoms with van der Waals surface area (Å²) in [6, 6.07) is 8.40. The molecule has 3 rings (SSSR count). The average molecular weight is 375 g/mol. The summed E-state index contributed by atoms with van der Waals surface area (Å²) in [5.74, 6) is 0. The third-order valence-electron chi connectivity index (χ3n) is 5.49. The van der Waals surface area contributed by atoms with Crippen LogP contribution >= 0.6 is 0 Å². The van der Waals surface area contributed by atoms with Gasteiger partial charge < -0.3 is 19.9 Å². The van der Waals surface area contributed by atoms with Gasteiger partial charge in [0.1, 0.15) is 0 Å². The Morgan fingerprint density at radius 3 is 2.81 bits per heavy atom. The third kappa shape index (κ3) is 6.48. The van der Waals surface area contributed by atoms with Crippen molar-refractivity contribution in [3.63, 3.8) is 0 Å². The van der Waals surface area contributed by atoms with Crippen molar-refractivity contribution in [1.82, 2.24) is 20.0 Å². The second-order valence-corrected chi connectivity index (χ2v) is 7.88. The highest BCUT2D eigenvalue weighted by atomic mass is 16.5. The minimum atomic E-state index is 0.0149. The van der Waals surface area contributed by atoms with E-state index in [0.29, 0.717) is 19.6 Å². The molecule has 1 aromatic carbocycles. The lowest BCUT2D eigenvalue weighted by Crippen LogP contribution is -2.49. The first-order valence-corrected chi connectivity index (χ1v) is 10.2. The molecule has 0 unspecified atom stereocenters. The summed E-state index contributed by atoms with van der Waals surface area (Å²) in [4.78, 5) is 19.5. The number of hydrogen-bond donors (Lipinski definition) is 1. The van der Waals surface area contributed by atoms with Crippen LogP contribution in [0.1, 0.15) is 24.0 Å². The lowest BCUT2D eigenvalue weighted by molar-refractivity contribution is 0.0791. The van der Waals surface area contributed by atoms with Gasteiger partial charge >= 0.3 is 6.03 Å². The first kappa shape index (κ1) is 20.1. The molecule has 27 heavy (non-hydrogen) atoms. The molecule has 1 N–H and O–H groups in total. The molecule has 1 aromatic rings. The SMILES string of the molecule is Cc1cccc(CN(C[C@H]2CCCO2)C(=O)NCCN2CCN(C)CC2)c1. The van der Waals surface area contributed by atoms with Crippen LogP contribution in [0.4, 0.5) is 4.79 Å². The Labute approximate surface area is 163 Å². The van der Waals surface area contributed by atoms with Gasteiger partial charge in [0.15, 0.2) is 0 Å². The molecule has 2 heterocycles. The highest BCUT2D eigenvalue weighted by Crippen LogP contribution is 2.16. The minimum Gasteiger partial charge on any atom is -0.376 e. The number of benzene rings is 1. The van der Waals surface area contributed by atoms with Crippen LogP contribution in [0.3, 0.4) is 0 Å². The van der Waals surface area contributed by atoms with Gasteiger partial charge in [0.05, 0.1) is 6.10 Å². The standard InChI is InChI=1S/C21H34N4O2/c1-18-5-3-6-19(15-18)16-25(17-20-7-4-14-27-20)21(26)22-8-9-24-12-10-23(2)11-13-24/h3,5-6,15,20H,4,7-14,16-17H2,1-2H3,(H,22,26)/t20-/m1/s1. The maximum absolute atomic E-state index is 12.8. The van der Waals surface area contributed by atoms with E-state index < -0.39 is 0 Å². The van der Waals surface area contributed by atoms with E-state index in [0.717, 1.165) is 52.2 Å². The van der Waals surface area contributed by atoms with Crippen LogP contribution in [-0.2, 0) is 11.3 Å². The molecular formula is C21H34N4O2. The first-order valence-electron chi connectivity index (χ1n) is 10.2. The molecule has 150 valence electrons. The molecule has 0 aliphatic carbocycles. The number of carbonyl (C=O) groups is 1. The van der Waals surface area contributed by atoms with Gasteiger partial charge in [-0.2, -0.15) is 0 Å². The van der Waals surface area contributed by atoms with Crippen LogP contribution in [0.15, 0.2) is 24.3 Å². The van der Waals surface area contributed by atoms with Gasteiger partial charge in [0.2, 0.25) is 0 Å². The van der Waals surface area contributed by atoms with Gasteiger partial charge in [0, 0.05) is 59.0 Å². The van der Waals surface area contributed by atoms with Crippen molar-refractivity contribution in [3.05, 3.63) is 35.4 Å². The van der Waals surface area contributed by atoms with E-state index in [9.17, 15) is 4.79 Å². The van der Waals surface area contributed by atoms with E-state index >= 15 is 0 Å². The predicted molar refractivity (Wildman–Crippen MR) is 108 cm³/mol. The molecule has 0 bridgehead atoms. The smallest absolute Gasteiger partial charge is 0.317 e. The lowest BCUT2D eigenvalue weighted by atomic mass is 10.1. The zero-order valence-electron chi connectivity index (χ0n) is 16.8. The van der Waals surface area contributed by atoms with Crippen molar-refractivity contribution in [2.75, 3.05) is 59.5 Å². The van der Waals surface area contributed by atoms with Crippen LogP contribution in [0, 0.1) is 6.92 Å². The number of nitrogens with zero attached hydrogens (tertiary/aromatic N) is 3. The predicted octanol–water partition coefficient (Wildman–Crippen LogP) is 1.93. The van der Waals surface area contributed by atoms with Crippen molar-refractivity contribution >= 4 is 6.03 Å². The fourth-order valence-corrected chi connectivity index (χ4v) is 3.79. The Kier molecular flexibility index (Phi) is 7.50. The van der Waals surface area contributed by atoms with E-state index in [1.807, 2.05) is 4.90 Å². The number of ether oxygens (including phenoxy) is 1. The summed E-state index contributed by atoms with van der Waals surface area (Å²) in [6.45, 7) is 10.2. The summed E-state index contributed by atoms with van der Waals surface area (Å²) in [6.07, 6.45) is 2.30. The molecular weight excluding hydrogens is 340 g/mol. The van der Waals surface area contributed by atoms with E-state index in [1.165, 1.54) is 11.1 Å². The van der Waals surface area contributed by atoms with Gasteiger partial charge in [-0.3, -0.25) is 4.90 Å². The fraction of sp³-hybridized carbons (Fsp3) is 0.667. The van der Waals surface area contributed by atoms with Gasteiger partial charge in [-0.25, -0.2) is 4.79 Å². The molecule has 6 nitrogen and oxygen atoms in total. The van der Waals surface area contributed by atoms with E-state index in [4.69, 9.17) is 4.74 Å². The number of likely N-dealkylation sites (N-methyl/N-ethyl adjacent to an activating group) is 1. The van der Waals surface area contributed by atoms with Crippen molar-refractivity contribution in [3.8, 4) is 0 Å². The number of carbonyl (C=O) groups excluding carboxylic acids is 1. The Morgan fingerprint density at radius 2 is 2.11 bits per heavy atom. The molecule has 0 radical (unpaired) electrons. The van der Waals surface area contributed by atoms with Crippen LogP contribution < -0.4 is 5.32 Å². The highest BCUT2D eigenvalue weighted by molar-refractivity contribution is 5.74. The van der Waals surface area contributed by atoms with Crippen LogP contribution in [0.5, 0.6) is 0 Å². The van der Waals surface area contributed by atoms with Gasteiger partial charge in [-0.15, -0.1) is 0 Å². The van der Waals surface area contributed by atoms with E-state index in [1.54, 1.807) is 0 Å². The Bertz CT molecular complexity index is 596. The average Bonchev–Trinajstić information content (AvgIpc) is 3.16. The summed E-state index contributed by atoms with van der Waals surface area (Å²) >= 11 is 0. The topological polar surface area (TPSA) is 48.1 Å². The molecule has 2 aliphatic rings. The number of nitrogens with one attached hydrogen (secondary N) is 1. The fourth-order valence-electron chi connectivity index (χ4n) is 3.79. The number of aryl methyl sites for hydroxylation is 1. The first-order chi connectivity index (χ1) is 13.1. The number of hydrogen-bond acceptors (Lipinski definition) is 4. The molecule has 0 spiro atoms. The zero-order chi connectivity index (χ0) is 19.1. The largest absolute Gasteiger partial charge is 0.376 e. The molecule has 6 heteroatoms. The second-order valence-electron chi connectivity index (χ2n) is 7.88. The van der Waals surface area contributed by atoms with Gasteiger partial charge in [-0.05, 0) is 32.4 Å². The minimum absolute atomic E-state index is 0.0149. The zero-order valence-corrected chi connectivity index (χ0v) is 16.8. The van der Waals surface area contributed by atoms with E-state index in [2.05, 4.69) is 53.4 Å². The molecule has 2 fully saturated rings. The van der Waals surface area contributed by atoms with Crippen molar-refractivity contribution in [2.24, 2.45) is 0 Å². The Hall–Kier alpha value is -1.63. The summed E-state index contributed by atoms with van der Waals surface area (Å²) in [5, 5.41) is 3.13. The molecule has 2 aliphatic heterocycles. The van der Waals surface area contributed by atoms with E-state index in [-0.39, 0.29) is 12.1 Å². The Balaban J connectivity index is 1.51. The second kappa shape index (κ2) is 10.1. The van der Waals surface area contributed by atoms with Gasteiger partial charge in [0.25, 0.3) is 0 Å². The summed E-state index contributed by atoms with van der Waals surface area (Å²) < 4.78 is 5.77. The van der Waals surface area contributed by atoms with Crippen molar-refractivity contribution in [1.29, 1.82) is 0 Å². The molecule has 2 saturated heterocycles. The number of rotatable bonds is 7. The van der Waals surface area contributed by atoms with Gasteiger partial charge in [-0.1, -0.05) is 29.8 Å². The van der Waals surface area contributed by atoms with Crippen molar-refractivity contribution < 1.29 is 9.53 Å². The maximum Gasteiger partial charge on any atom is 0.317 e. The molecule has 0 aromatic heterocycles.